The first kappa shape index (κ1) is 9.65. The third-order valence-electron chi connectivity index (χ3n) is 2.24. The molecule has 0 radical (unpaired) electrons. The molecule has 1 aliphatic rings. The maximum Gasteiger partial charge on any atom is 0.214 e. The van der Waals surface area contributed by atoms with Crippen LogP contribution in [-0.4, -0.2) is 29.6 Å². The molecule has 0 amide bonds. The number of thioether (sulfide) groups is 1. The summed E-state index contributed by atoms with van der Waals surface area (Å²) < 4.78 is 5.06. The van der Waals surface area contributed by atoms with E-state index in [0.29, 0.717) is 11.9 Å². The molecule has 2 heterocycles. The number of methoxy groups -OCH3 is 1. The molecule has 1 N–H and O–H groups in total. The second kappa shape index (κ2) is 4.55. The lowest BCUT2D eigenvalue weighted by Gasteiger charge is -2.12. The molecular formula is C10H14N2OS. The van der Waals surface area contributed by atoms with Crippen molar-refractivity contribution in [2.24, 2.45) is 0 Å². The van der Waals surface area contributed by atoms with Crippen LogP contribution in [0.5, 0.6) is 5.88 Å². The molecule has 1 unspecified atom stereocenters. The van der Waals surface area contributed by atoms with Gasteiger partial charge in [-0.1, -0.05) is 0 Å². The van der Waals surface area contributed by atoms with Crippen molar-refractivity contribution in [3.8, 4) is 5.88 Å². The SMILES string of the molecule is COc1cc(NC2CCSC2)ccn1. The smallest absolute Gasteiger partial charge is 0.214 e. The normalized spacial score (nSPS) is 20.8. The summed E-state index contributed by atoms with van der Waals surface area (Å²) in [5.74, 6) is 3.13. The van der Waals surface area contributed by atoms with Crippen LogP contribution in [-0.2, 0) is 0 Å². The minimum Gasteiger partial charge on any atom is -0.481 e. The van der Waals surface area contributed by atoms with Gasteiger partial charge >= 0.3 is 0 Å². The highest BCUT2D eigenvalue weighted by molar-refractivity contribution is 7.99. The Morgan fingerprint density at radius 1 is 1.64 bits per heavy atom. The summed E-state index contributed by atoms with van der Waals surface area (Å²) in [6, 6.07) is 4.52. The van der Waals surface area contributed by atoms with Crippen molar-refractivity contribution in [3.63, 3.8) is 0 Å². The van der Waals surface area contributed by atoms with Gasteiger partial charge in [-0.25, -0.2) is 4.98 Å². The topological polar surface area (TPSA) is 34.1 Å². The summed E-state index contributed by atoms with van der Waals surface area (Å²) in [4.78, 5) is 4.07. The molecule has 0 saturated carbocycles. The highest BCUT2D eigenvalue weighted by atomic mass is 32.2. The Kier molecular flexibility index (Phi) is 3.14. The number of nitrogens with one attached hydrogen (secondary N) is 1. The lowest BCUT2D eigenvalue weighted by Crippen LogP contribution is -2.17. The van der Waals surface area contributed by atoms with E-state index in [1.807, 2.05) is 23.9 Å². The molecule has 1 aliphatic heterocycles. The van der Waals surface area contributed by atoms with Crippen LogP contribution in [0.15, 0.2) is 18.3 Å². The molecule has 0 bridgehead atoms. The van der Waals surface area contributed by atoms with Crippen LogP contribution in [0.4, 0.5) is 5.69 Å². The van der Waals surface area contributed by atoms with Crippen LogP contribution >= 0.6 is 11.8 Å². The van der Waals surface area contributed by atoms with Crippen molar-refractivity contribution in [2.75, 3.05) is 23.9 Å². The van der Waals surface area contributed by atoms with Crippen molar-refractivity contribution >= 4 is 17.4 Å². The van der Waals surface area contributed by atoms with Gasteiger partial charge in [0.25, 0.3) is 0 Å². The van der Waals surface area contributed by atoms with Crippen molar-refractivity contribution in [3.05, 3.63) is 18.3 Å². The van der Waals surface area contributed by atoms with Gasteiger partial charge in [-0.3, -0.25) is 0 Å². The molecule has 76 valence electrons. The van der Waals surface area contributed by atoms with Crippen LogP contribution in [0.3, 0.4) is 0 Å². The monoisotopic (exact) mass is 210 g/mol. The van der Waals surface area contributed by atoms with Gasteiger partial charge in [-0.05, 0) is 18.2 Å². The van der Waals surface area contributed by atoms with Crippen LogP contribution in [0, 0.1) is 0 Å². The Hall–Kier alpha value is -0.900. The molecule has 0 aliphatic carbocycles. The summed E-state index contributed by atoms with van der Waals surface area (Å²) in [5.41, 5.74) is 1.10. The van der Waals surface area contributed by atoms with Crippen LogP contribution in [0.1, 0.15) is 6.42 Å². The van der Waals surface area contributed by atoms with Crippen molar-refractivity contribution in [1.82, 2.24) is 4.98 Å². The van der Waals surface area contributed by atoms with Gasteiger partial charge in [0.05, 0.1) is 7.11 Å². The highest BCUT2D eigenvalue weighted by Crippen LogP contribution is 2.22. The molecule has 4 heteroatoms. The molecular weight excluding hydrogens is 196 g/mol. The number of rotatable bonds is 3. The molecule has 1 atom stereocenters. The average Bonchev–Trinajstić information content (AvgIpc) is 2.71. The first-order chi connectivity index (χ1) is 6.88. The lowest BCUT2D eigenvalue weighted by atomic mass is 10.2. The molecule has 14 heavy (non-hydrogen) atoms. The maximum absolute atomic E-state index is 5.06. The van der Waals surface area contributed by atoms with Gasteiger partial charge in [0, 0.05) is 29.7 Å². The van der Waals surface area contributed by atoms with Gasteiger partial charge in [0.2, 0.25) is 5.88 Å². The van der Waals surface area contributed by atoms with E-state index >= 15 is 0 Å². The average molecular weight is 210 g/mol. The van der Waals surface area contributed by atoms with E-state index in [4.69, 9.17) is 4.74 Å². The second-order valence-electron chi connectivity index (χ2n) is 3.29. The van der Waals surface area contributed by atoms with Gasteiger partial charge in [0.15, 0.2) is 0 Å². The molecule has 1 saturated heterocycles. The van der Waals surface area contributed by atoms with E-state index in [1.54, 1.807) is 13.3 Å². The fourth-order valence-corrected chi connectivity index (χ4v) is 2.65. The standard InChI is InChI=1S/C10H14N2OS/c1-13-10-6-8(2-4-11-10)12-9-3-5-14-7-9/h2,4,6,9H,3,5,7H2,1H3,(H,11,12). The van der Waals surface area contributed by atoms with Crippen molar-refractivity contribution < 1.29 is 4.74 Å². The number of anilines is 1. The summed E-state index contributed by atoms with van der Waals surface area (Å²) in [6.45, 7) is 0. The van der Waals surface area contributed by atoms with Crippen LogP contribution < -0.4 is 10.1 Å². The molecule has 2 rings (SSSR count). The first-order valence-electron chi connectivity index (χ1n) is 4.73. The molecule has 1 aromatic rings. The number of nitrogens with zero attached hydrogens (tertiary/aromatic N) is 1. The Morgan fingerprint density at radius 2 is 2.57 bits per heavy atom. The van der Waals surface area contributed by atoms with E-state index < -0.39 is 0 Å². The van der Waals surface area contributed by atoms with Crippen molar-refractivity contribution in [1.29, 1.82) is 0 Å². The van der Waals surface area contributed by atoms with Gasteiger partial charge in [0.1, 0.15) is 0 Å². The molecule has 1 aromatic heterocycles. The Labute approximate surface area is 88.3 Å². The predicted octanol–water partition coefficient (Wildman–Crippen LogP) is 2.01. The van der Waals surface area contributed by atoms with Crippen molar-refractivity contribution in [2.45, 2.75) is 12.5 Å². The first-order valence-corrected chi connectivity index (χ1v) is 5.88. The highest BCUT2D eigenvalue weighted by Gasteiger charge is 2.14. The summed E-state index contributed by atoms with van der Waals surface area (Å²) in [5, 5.41) is 3.47. The fourth-order valence-electron chi connectivity index (χ4n) is 1.49. The third kappa shape index (κ3) is 2.32. The number of aromatic nitrogens is 1. The minimum atomic E-state index is 0.604. The van der Waals surface area contributed by atoms with Crippen LogP contribution in [0.25, 0.3) is 0 Å². The zero-order valence-electron chi connectivity index (χ0n) is 8.19. The van der Waals surface area contributed by atoms with E-state index in [0.717, 1.165) is 5.69 Å². The number of hydrogen-bond donors (Lipinski definition) is 1. The Morgan fingerprint density at radius 3 is 3.29 bits per heavy atom. The van der Waals surface area contributed by atoms with Crippen LogP contribution in [0.2, 0.25) is 0 Å². The number of hydrogen-bond acceptors (Lipinski definition) is 4. The van der Waals surface area contributed by atoms with Gasteiger partial charge < -0.3 is 10.1 Å². The zero-order chi connectivity index (χ0) is 9.80. The third-order valence-corrected chi connectivity index (χ3v) is 3.41. The maximum atomic E-state index is 5.06. The minimum absolute atomic E-state index is 0.604. The quantitative estimate of drug-likeness (QED) is 0.827. The van der Waals surface area contributed by atoms with E-state index in [9.17, 15) is 0 Å². The fraction of sp³-hybridized carbons (Fsp3) is 0.500. The van der Waals surface area contributed by atoms with E-state index in [1.165, 1.54) is 17.9 Å². The number of pyridine rings is 1. The predicted molar refractivity (Wildman–Crippen MR) is 60.1 cm³/mol. The van der Waals surface area contributed by atoms with Gasteiger partial charge in [-0.15, -0.1) is 0 Å². The molecule has 1 fully saturated rings. The number of ether oxygens (including phenoxy) is 1. The largest absolute Gasteiger partial charge is 0.481 e. The molecule has 3 nitrogen and oxygen atoms in total. The molecule has 0 aromatic carbocycles. The summed E-state index contributed by atoms with van der Waals surface area (Å²) in [7, 11) is 1.64. The Bertz CT molecular complexity index is 300. The molecule has 0 spiro atoms. The summed E-state index contributed by atoms with van der Waals surface area (Å²) in [6.07, 6.45) is 3.01. The van der Waals surface area contributed by atoms with Gasteiger partial charge in [-0.2, -0.15) is 11.8 Å². The van der Waals surface area contributed by atoms with E-state index in [-0.39, 0.29) is 0 Å². The Balaban J connectivity index is 2.00. The zero-order valence-corrected chi connectivity index (χ0v) is 9.01. The second-order valence-corrected chi connectivity index (χ2v) is 4.44. The summed E-state index contributed by atoms with van der Waals surface area (Å²) >= 11 is 2.00. The van der Waals surface area contributed by atoms with E-state index in [2.05, 4.69) is 10.3 Å². The lowest BCUT2D eigenvalue weighted by molar-refractivity contribution is 0.398.